The van der Waals surface area contributed by atoms with Gasteiger partial charge in [0.2, 0.25) is 0 Å². The molecule has 20 heavy (non-hydrogen) atoms. The summed E-state index contributed by atoms with van der Waals surface area (Å²) in [5.41, 5.74) is 0.896. The van der Waals surface area contributed by atoms with Gasteiger partial charge in [0.15, 0.2) is 9.84 Å². The second kappa shape index (κ2) is 4.92. The lowest BCUT2D eigenvalue weighted by Gasteiger charge is -2.27. The Bertz CT molecular complexity index is 636. The molecule has 4 heteroatoms. The SMILES string of the molecule is CC(Nc1cccc(S(C)(=O)=O)c1)C1CC2C=CC1C2. The molecule has 3 nitrogen and oxygen atoms in total. The molecule has 4 unspecified atom stereocenters. The van der Waals surface area contributed by atoms with Crippen molar-refractivity contribution in [2.45, 2.75) is 30.7 Å². The van der Waals surface area contributed by atoms with Gasteiger partial charge in [-0.05, 0) is 55.7 Å². The van der Waals surface area contributed by atoms with Crippen LogP contribution in [0.3, 0.4) is 0 Å². The summed E-state index contributed by atoms with van der Waals surface area (Å²) in [5, 5.41) is 3.48. The lowest BCUT2D eigenvalue weighted by atomic mass is 9.87. The molecule has 2 aliphatic rings. The number of anilines is 1. The van der Waals surface area contributed by atoms with E-state index in [-0.39, 0.29) is 0 Å². The summed E-state index contributed by atoms with van der Waals surface area (Å²) >= 11 is 0. The van der Waals surface area contributed by atoms with E-state index in [1.54, 1.807) is 18.2 Å². The number of sulfone groups is 1. The Morgan fingerprint density at radius 2 is 2.05 bits per heavy atom. The topological polar surface area (TPSA) is 46.2 Å². The summed E-state index contributed by atoms with van der Waals surface area (Å²) in [7, 11) is -3.14. The van der Waals surface area contributed by atoms with Gasteiger partial charge in [-0.15, -0.1) is 0 Å². The Kier molecular flexibility index (Phi) is 3.36. The van der Waals surface area contributed by atoms with E-state index in [0.29, 0.717) is 22.8 Å². The highest BCUT2D eigenvalue weighted by atomic mass is 32.2. The highest BCUT2D eigenvalue weighted by Gasteiger charge is 2.38. The van der Waals surface area contributed by atoms with Crippen LogP contribution in [0.5, 0.6) is 0 Å². The minimum Gasteiger partial charge on any atom is -0.382 e. The number of rotatable bonds is 4. The molecule has 0 aromatic heterocycles. The molecule has 108 valence electrons. The maximum absolute atomic E-state index is 11.6. The third kappa shape index (κ3) is 2.62. The highest BCUT2D eigenvalue weighted by Crippen LogP contribution is 2.45. The number of hydrogen-bond donors (Lipinski definition) is 1. The average molecular weight is 291 g/mol. The second-order valence-corrected chi connectivity index (χ2v) is 8.19. The van der Waals surface area contributed by atoms with E-state index in [0.717, 1.165) is 11.6 Å². The Hall–Kier alpha value is -1.29. The van der Waals surface area contributed by atoms with Crippen LogP contribution in [0.15, 0.2) is 41.3 Å². The standard InChI is InChI=1S/C16H21NO2S/c1-11(16-9-12-6-7-13(16)8-12)17-14-4-3-5-15(10-14)20(2,18)19/h3-7,10-13,16-17H,8-9H2,1-2H3. The molecule has 2 aliphatic carbocycles. The van der Waals surface area contributed by atoms with Crippen LogP contribution in [0.25, 0.3) is 0 Å². The van der Waals surface area contributed by atoms with E-state index in [1.165, 1.54) is 19.1 Å². The van der Waals surface area contributed by atoms with Crippen LogP contribution >= 0.6 is 0 Å². The fraction of sp³-hybridized carbons (Fsp3) is 0.500. The fourth-order valence-corrected chi connectivity index (χ4v) is 4.25. The van der Waals surface area contributed by atoms with Crippen molar-refractivity contribution in [1.29, 1.82) is 0 Å². The smallest absolute Gasteiger partial charge is 0.175 e. The minimum atomic E-state index is -3.14. The maximum Gasteiger partial charge on any atom is 0.175 e. The summed E-state index contributed by atoms with van der Waals surface area (Å²) in [4.78, 5) is 0.377. The zero-order valence-corrected chi connectivity index (χ0v) is 12.7. The average Bonchev–Trinajstić information content (AvgIpc) is 3.00. The van der Waals surface area contributed by atoms with Gasteiger partial charge in [0.1, 0.15) is 0 Å². The van der Waals surface area contributed by atoms with Gasteiger partial charge in [-0.1, -0.05) is 18.2 Å². The van der Waals surface area contributed by atoms with E-state index < -0.39 is 9.84 Å². The van der Waals surface area contributed by atoms with Gasteiger partial charge in [0.25, 0.3) is 0 Å². The first kappa shape index (κ1) is 13.7. The molecule has 0 amide bonds. The lowest BCUT2D eigenvalue weighted by molar-refractivity contribution is 0.400. The predicted molar refractivity (Wildman–Crippen MR) is 81.5 cm³/mol. The molecule has 4 atom stereocenters. The highest BCUT2D eigenvalue weighted by molar-refractivity contribution is 7.90. The molecular formula is C16H21NO2S. The Morgan fingerprint density at radius 3 is 2.65 bits per heavy atom. The van der Waals surface area contributed by atoms with Crippen LogP contribution in [0.1, 0.15) is 19.8 Å². The number of allylic oxidation sites excluding steroid dienone is 2. The van der Waals surface area contributed by atoms with Crippen molar-refractivity contribution in [2.75, 3.05) is 11.6 Å². The molecular weight excluding hydrogens is 270 g/mol. The van der Waals surface area contributed by atoms with Gasteiger partial charge in [0.05, 0.1) is 4.90 Å². The molecule has 1 N–H and O–H groups in total. The summed E-state index contributed by atoms with van der Waals surface area (Å²) in [6, 6.07) is 7.48. The molecule has 1 saturated carbocycles. The Balaban J connectivity index is 1.73. The number of hydrogen-bond acceptors (Lipinski definition) is 3. The third-order valence-corrected chi connectivity index (χ3v) is 5.74. The van der Waals surface area contributed by atoms with Gasteiger partial charge in [-0.3, -0.25) is 0 Å². The van der Waals surface area contributed by atoms with Crippen LogP contribution in [-0.4, -0.2) is 20.7 Å². The quantitative estimate of drug-likeness (QED) is 0.867. The van der Waals surface area contributed by atoms with Gasteiger partial charge in [-0.2, -0.15) is 0 Å². The molecule has 1 fully saturated rings. The molecule has 3 rings (SSSR count). The Morgan fingerprint density at radius 1 is 1.25 bits per heavy atom. The number of benzene rings is 1. The first-order chi connectivity index (χ1) is 9.43. The molecule has 0 radical (unpaired) electrons. The first-order valence-corrected chi connectivity index (χ1v) is 9.07. The zero-order chi connectivity index (χ0) is 14.3. The number of nitrogens with one attached hydrogen (secondary N) is 1. The fourth-order valence-electron chi connectivity index (χ4n) is 3.58. The van der Waals surface area contributed by atoms with Crippen molar-refractivity contribution in [1.82, 2.24) is 0 Å². The summed E-state index contributed by atoms with van der Waals surface area (Å²) in [6.45, 7) is 2.20. The molecule has 0 saturated heterocycles. The second-order valence-electron chi connectivity index (χ2n) is 6.18. The summed E-state index contributed by atoms with van der Waals surface area (Å²) < 4.78 is 23.2. The van der Waals surface area contributed by atoms with Crippen LogP contribution in [0.4, 0.5) is 5.69 Å². The largest absolute Gasteiger partial charge is 0.382 e. The lowest BCUT2D eigenvalue weighted by Crippen LogP contribution is -2.28. The van der Waals surface area contributed by atoms with Crippen molar-refractivity contribution in [2.24, 2.45) is 17.8 Å². The normalized spacial score (nSPS) is 29.6. The van der Waals surface area contributed by atoms with E-state index in [1.807, 2.05) is 6.07 Å². The van der Waals surface area contributed by atoms with Gasteiger partial charge >= 0.3 is 0 Å². The van der Waals surface area contributed by atoms with Crippen molar-refractivity contribution in [3.63, 3.8) is 0 Å². The van der Waals surface area contributed by atoms with Gasteiger partial charge in [-0.25, -0.2) is 8.42 Å². The van der Waals surface area contributed by atoms with Crippen LogP contribution in [0.2, 0.25) is 0 Å². The van der Waals surface area contributed by atoms with E-state index in [9.17, 15) is 8.42 Å². The van der Waals surface area contributed by atoms with Gasteiger partial charge in [0, 0.05) is 18.0 Å². The van der Waals surface area contributed by atoms with Crippen LogP contribution in [0, 0.1) is 17.8 Å². The van der Waals surface area contributed by atoms with Crippen LogP contribution < -0.4 is 5.32 Å². The monoisotopic (exact) mass is 291 g/mol. The number of fused-ring (bicyclic) bond motifs is 2. The molecule has 0 aliphatic heterocycles. The molecule has 0 spiro atoms. The van der Waals surface area contributed by atoms with E-state index in [2.05, 4.69) is 24.4 Å². The summed E-state index contributed by atoms with van der Waals surface area (Å²) in [5.74, 6) is 2.11. The zero-order valence-electron chi connectivity index (χ0n) is 11.9. The molecule has 1 aromatic rings. The predicted octanol–water partition coefficient (Wildman–Crippen LogP) is 3.10. The molecule has 0 heterocycles. The minimum absolute atomic E-state index is 0.366. The van der Waals surface area contributed by atoms with Crippen molar-refractivity contribution >= 4 is 15.5 Å². The van der Waals surface area contributed by atoms with Crippen molar-refractivity contribution < 1.29 is 8.42 Å². The van der Waals surface area contributed by atoms with E-state index >= 15 is 0 Å². The molecule has 2 bridgehead atoms. The van der Waals surface area contributed by atoms with Crippen molar-refractivity contribution in [3.05, 3.63) is 36.4 Å². The molecule has 1 aromatic carbocycles. The van der Waals surface area contributed by atoms with Gasteiger partial charge < -0.3 is 5.32 Å². The first-order valence-electron chi connectivity index (χ1n) is 7.18. The van der Waals surface area contributed by atoms with Crippen LogP contribution in [-0.2, 0) is 9.84 Å². The van der Waals surface area contributed by atoms with E-state index in [4.69, 9.17) is 0 Å². The third-order valence-electron chi connectivity index (χ3n) is 4.63. The Labute approximate surface area is 121 Å². The summed E-state index contributed by atoms with van der Waals surface area (Å²) in [6.07, 6.45) is 8.49. The maximum atomic E-state index is 11.6. The van der Waals surface area contributed by atoms with Crippen molar-refractivity contribution in [3.8, 4) is 0 Å².